The number of hydrogen-bond acceptors (Lipinski definition) is 3. The molecule has 0 saturated heterocycles. The predicted octanol–water partition coefficient (Wildman–Crippen LogP) is 2.05. The summed E-state index contributed by atoms with van der Waals surface area (Å²) < 4.78 is 27.9. The molecule has 0 heterocycles. The molecular formula is C15H24N2O2S. The molecule has 112 valence electrons. The van der Waals surface area contributed by atoms with Crippen LogP contribution in [0.2, 0.25) is 0 Å². The number of aryl methyl sites for hydroxylation is 1. The van der Waals surface area contributed by atoms with E-state index in [9.17, 15) is 8.42 Å². The molecule has 1 aliphatic carbocycles. The third-order valence-electron chi connectivity index (χ3n) is 3.94. The summed E-state index contributed by atoms with van der Waals surface area (Å²) in [5.74, 6) is 0.510. The van der Waals surface area contributed by atoms with Crippen molar-refractivity contribution in [3.63, 3.8) is 0 Å². The zero-order chi connectivity index (χ0) is 14.8. The second kappa shape index (κ2) is 6.24. The van der Waals surface area contributed by atoms with Gasteiger partial charge in [-0.3, -0.25) is 0 Å². The maximum atomic E-state index is 12.5. The summed E-state index contributed by atoms with van der Waals surface area (Å²) in [4.78, 5) is 0.439. The summed E-state index contributed by atoms with van der Waals surface area (Å²) in [5.41, 5.74) is 1.87. The molecule has 0 radical (unpaired) electrons. The van der Waals surface area contributed by atoms with E-state index in [2.05, 4.69) is 17.0 Å². The van der Waals surface area contributed by atoms with Crippen molar-refractivity contribution in [3.05, 3.63) is 29.3 Å². The van der Waals surface area contributed by atoms with Crippen molar-refractivity contribution < 1.29 is 8.42 Å². The molecule has 1 aromatic rings. The van der Waals surface area contributed by atoms with Gasteiger partial charge in [0.15, 0.2) is 0 Å². The number of sulfonamides is 1. The standard InChI is InChI=1S/C15H24N2O2S/c1-4-12-7-6-11(10-16-3)8-15(12)20(18,19)17-14-9-13(14)5-2/h6-8,13-14,16-17H,4-5,9-10H2,1-3H3. The molecule has 5 heteroatoms. The van der Waals surface area contributed by atoms with Crippen LogP contribution in [0.4, 0.5) is 0 Å². The van der Waals surface area contributed by atoms with E-state index in [0.29, 0.717) is 17.4 Å². The smallest absolute Gasteiger partial charge is 0.241 e. The van der Waals surface area contributed by atoms with E-state index in [-0.39, 0.29) is 6.04 Å². The Kier molecular flexibility index (Phi) is 4.83. The van der Waals surface area contributed by atoms with E-state index in [1.165, 1.54) is 0 Å². The summed E-state index contributed by atoms with van der Waals surface area (Å²) >= 11 is 0. The molecule has 1 aromatic carbocycles. The van der Waals surface area contributed by atoms with E-state index in [4.69, 9.17) is 0 Å². The van der Waals surface area contributed by atoms with Crippen LogP contribution in [0.25, 0.3) is 0 Å². The molecule has 2 N–H and O–H groups in total. The summed E-state index contributed by atoms with van der Waals surface area (Å²) in [6.45, 7) is 4.76. The number of rotatable bonds is 7. The molecule has 0 spiro atoms. The Balaban J connectivity index is 2.26. The number of benzene rings is 1. The van der Waals surface area contributed by atoms with Crippen LogP contribution in [0.5, 0.6) is 0 Å². The Morgan fingerprint density at radius 2 is 2.05 bits per heavy atom. The number of nitrogens with one attached hydrogen (secondary N) is 2. The van der Waals surface area contributed by atoms with Crippen LogP contribution in [-0.2, 0) is 23.0 Å². The average molecular weight is 296 g/mol. The second-order valence-corrected chi connectivity index (χ2v) is 7.14. The van der Waals surface area contributed by atoms with E-state index >= 15 is 0 Å². The first-order valence-electron chi connectivity index (χ1n) is 7.30. The van der Waals surface area contributed by atoms with Gasteiger partial charge in [-0.15, -0.1) is 0 Å². The van der Waals surface area contributed by atoms with Crippen molar-refractivity contribution in [1.82, 2.24) is 10.0 Å². The fraction of sp³-hybridized carbons (Fsp3) is 0.600. The molecule has 0 aromatic heterocycles. The Morgan fingerprint density at radius 1 is 1.30 bits per heavy atom. The normalized spacial score (nSPS) is 21.9. The van der Waals surface area contributed by atoms with E-state index < -0.39 is 10.0 Å². The molecule has 2 rings (SSSR count). The largest absolute Gasteiger partial charge is 0.316 e. The van der Waals surface area contributed by atoms with Gasteiger partial charge in [0.25, 0.3) is 0 Å². The first-order valence-corrected chi connectivity index (χ1v) is 8.78. The lowest BCUT2D eigenvalue weighted by atomic mass is 10.1. The van der Waals surface area contributed by atoms with Gasteiger partial charge in [-0.25, -0.2) is 13.1 Å². The van der Waals surface area contributed by atoms with E-state index in [1.807, 2.05) is 26.1 Å². The minimum atomic E-state index is -3.40. The zero-order valence-electron chi connectivity index (χ0n) is 12.4. The molecule has 0 amide bonds. The maximum absolute atomic E-state index is 12.5. The fourth-order valence-corrected chi connectivity index (χ4v) is 4.24. The van der Waals surface area contributed by atoms with Crippen LogP contribution >= 0.6 is 0 Å². The average Bonchev–Trinajstić information content (AvgIpc) is 3.16. The van der Waals surface area contributed by atoms with Crippen molar-refractivity contribution in [2.45, 2.75) is 50.6 Å². The first kappa shape index (κ1) is 15.5. The lowest BCUT2D eigenvalue weighted by Crippen LogP contribution is -2.28. The van der Waals surface area contributed by atoms with Crippen LogP contribution in [0, 0.1) is 5.92 Å². The Hall–Kier alpha value is -0.910. The lowest BCUT2D eigenvalue weighted by Gasteiger charge is -2.12. The lowest BCUT2D eigenvalue weighted by molar-refractivity contribution is 0.574. The predicted molar refractivity (Wildman–Crippen MR) is 81.1 cm³/mol. The van der Waals surface area contributed by atoms with Crippen LogP contribution in [0.1, 0.15) is 37.8 Å². The van der Waals surface area contributed by atoms with Crippen molar-refractivity contribution >= 4 is 10.0 Å². The van der Waals surface area contributed by atoms with Gasteiger partial charge < -0.3 is 5.32 Å². The second-order valence-electron chi connectivity index (χ2n) is 5.46. The van der Waals surface area contributed by atoms with Crippen molar-refractivity contribution in [2.24, 2.45) is 5.92 Å². The van der Waals surface area contributed by atoms with Crippen LogP contribution < -0.4 is 10.0 Å². The highest BCUT2D eigenvalue weighted by molar-refractivity contribution is 7.89. The van der Waals surface area contributed by atoms with Gasteiger partial charge in [0.2, 0.25) is 10.0 Å². The van der Waals surface area contributed by atoms with Gasteiger partial charge in [0, 0.05) is 12.6 Å². The molecule has 0 aliphatic heterocycles. The third-order valence-corrected chi connectivity index (χ3v) is 5.51. The zero-order valence-corrected chi connectivity index (χ0v) is 13.3. The van der Waals surface area contributed by atoms with E-state index in [1.54, 1.807) is 6.07 Å². The molecular weight excluding hydrogens is 272 g/mol. The van der Waals surface area contributed by atoms with Gasteiger partial charge in [-0.2, -0.15) is 0 Å². The van der Waals surface area contributed by atoms with Crippen molar-refractivity contribution in [2.75, 3.05) is 7.05 Å². The minimum absolute atomic E-state index is 0.127. The summed E-state index contributed by atoms with van der Waals surface area (Å²) in [7, 11) is -1.54. The van der Waals surface area contributed by atoms with Crippen LogP contribution in [-0.4, -0.2) is 21.5 Å². The molecule has 1 saturated carbocycles. The van der Waals surface area contributed by atoms with Crippen LogP contribution in [0.15, 0.2) is 23.1 Å². The van der Waals surface area contributed by atoms with Crippen LogP contribution in [0.3, 0.4) is 0 Å². The molecule has 20 heavy (non-hydrogen) atoms. The summed E-state index contributed by atoms with van der Waals surface area (Å²) in [5, 5.41) is 3.05. The summed E-state index contributed by atoms with van der Waals surface area (Å²) in [6.07, 6.45) is 2.72. The Bertz CT molecular complexity index is 569. The monoisotopic (exact) mass is 296 g/mol. The minimum Gasteiger partial charge on any atom is -0.316 e. The Labute approximate surface area is 122 Å². The topological polar surface area (TPSA) is 58.2 Å². The Morgan fingerprint density at radius 3 is 2.60 bits per heavy atom. The van der Waals surface area contributed by atoms with E-state index in [0.717, 1.165) is 30.4 Å². The third kappa shape index (κ3) is 3.40. The summed E-state index contributed by atoms with van der Waals surface area (Å²) in [6, 6.07) is 5.83. The molecule has 2 unspecified atom stereocenters. The molecule has 0 bridgehead atoms. The van der Waals surface area contributed by atoms with Crippen molar-refractivity contribution in [1.29, 1.82) is 0 Å². The SMILES string of the molecule is CCc1ccc(CNC)cc1S(=O)(=O)NC1CC1CC. The molecule has 4 nitrogen and oxygen atoms in total. The van der Waals surface area contributed by atoms with Gasteiger partial charge in [0.05, 0.1) is 4.90 Å². The number of hydrogen-bond donors (Lipinski definition) is 2. The van der Waals surface area contributed by atoms with Gasteiger partial charge >= 0.3 is 0 Å². The first-order chi connectivity index (χ1) is 9.51. The molecule has 1 aliphatic rings. The van der Waals surface area contributed by atoms with Gasteiger partial charge in [-0.05, 0) is 43.0 Å². The highest BCUT2D eigenvalue weighted by atomic mass is 32.2. The van der Waals surface area contributed by atoms with Gasteiger partial charge in [0.1, 0.15) is 0 Å². The molecule has 1 fully saturated rings. The van der Waals surface area contributed by atoms with Gasteiger partial charge in [-0.1, -0.05) is 32.4 Å². The highest BCUT2D eigenvalue weighted by Gasteiger charge is 2.39. The van der Waals surface area contributed by atoms with Crippen molar-refractivity contribution in [3.8, 4) is 0 Å². The molecule has 2 atom stereocenters. The maximum Gasteiger partial charge on any atom is 0.241 e. The highest BCUT2D eigenvalue weighted by Crippen LogP contribution is 2.34. The quantitative estimate of drug-likeness (QED) is 0.809. The fourth-order valence-electron chi connectivity index (χ4n) is 2.56.